The van der Waals surface area contributed by atoms with E-state index in [4.69, 9.17) is 0 Å². The van der Waals surface area contributed by atoms with Crippen molar-refractivity contribution in [2.45, 2.75) is 18.4 Å². The molecule has 1 aliphatic heterocycles. The van der Waals surface area contributed by atoms with Gasteiger partial charge in [0, 0.05) is 49.3 Å². The van der Waals surface area contributed by atoms with E-state index in [2.05, 4.69) is 20.2 Å². The highest BCUT2D eigenvalue weighted by molar-refractivity contribution is 5.90. The van der Waals surface area contributed by atoms with E-state index in [0.717, 1.165) is 42.5 Å². The van der Waals surface area contributed by atoms with Gasteiger partial charge in [-0.1, -0.05) is 0 Å². The molecule has 0 atom stereocenters. The van der Waals surface area contributed by atoms with Gasteiger partial charge in [-0.2, -0.15) is 0 Å². The Morgan fingerprint density at radius 1 is 1.23 bits per heavy atom. The highest BCUT2D eigenvalue weighted by Crippen LogP contribution is 2.30. The SMILES string of the molecule is CNCC1(O)CCN(c2ccnc3ccncc23)CC1.Cl.Cl. The van der Waals surface area contributed by atoms with Gasteiger partial charge in [0.2, 0.25) is 0 Å². The lowest BCUT2D eigenvalue weighted by Crippen LogP contribution is -2.49. The summed E-state index contributed by atoms with van der Waals surface area (Å²) in [6, 6.07) is 3.96. The minimum Gasteiger partial charge on any atom is -0.388 e. The van der Waals surface area contributed by atoms with Crippen LogP contribution in [-0.2, 0) is 0 Å². The Balaban J connectivity index is 0.00000121. The number of halogens is 2. The number of piperidine rings is 1. The van der Waals surface area contributed by atoms with Crippen LogP contribution in [0.5, 0.6) is 0 Å². The number of fused-ring (bicyclic) bond motifs is 1. The van der Waals surface area contributed by atoms with E-state index in [9.17, 15) is 5.11 Å². The van der Waals surface area contributed by atoms with Crippen LogP contribution >= 0.6 is 24.8 Å². The highest BCUT2D eigenvalue weighted by Gasteiger charge is 2.31. The molecule has 0 radical (unpaired) electrons. The zero-order valence-corrected chi connectivity index (χ0v) is 14.2. The Bertz CT molecular complexity index is 598. The van der Waals surface area contributed by atoms with E-state index < -0.39 is 5.60 Å². The van der Waals surface area contributed by atoms with Crippen LogP contribution < -0.4 is 10.2 Å². The molecule has 2 aromatic heterocycles. The summed E-state index contributed by atoms with van der Waals surface area (Å²) in [5, 5.41) is 14.6. The van der Waals surface area contributed by atoms with Gasteiger partial charge in [0.1, 0.15) is 0 Å². The Hall–Kier alpha value is -1.14. The van der Waals surface area contributed by atoms with Gasteiger partial charge in [0.25, 0.3) is 0 Å². The van der Waals surface area contributed by atoms with Crippen molar-refractivity contribution < 1.29 is 5.11 Å². The zero-order valence-electron chi connectivity index (χ0n) is 12.5. The lowest BCUT2D eigenvalue weighted by Gasteiger charge is -2.39. The van der Waals surface area contributed by atoms with Crippen molar-refractivity contribution in [3.8, 4) is 0 Å². The standard InChI is InChI=1S/C15H20N4O.2ClH/c1-16-11-15(20)4-8-19(9-5-15)14-3-7-18-13-2-6-17-10-12(13)14;;/h2-3,6-7,10,16,20H,4-5,8-9,11H2,1H3;2*1H. The second-order valence-corrected chi connectivity index (χ2v) is 5.46. The largest absolute Gasteiger partial charge is 0.388 e. The maximum Gasteiger partial charge on any atom is 0.0805 e. The average molecular weight is 345 g/mol. The molecule has 0 spiro atoms. The van der Waals surface area contributed by atoms with Crippen molar-refractivity contribution in [2.24, 2.45) is 0 Å². The molecule has 0 bridgehead atoms. The quantitative estimate of drug-likeness (QED) is 0.891. The Kier molecular flexibility index (Phi) is 6.81. The molecule has 2 N–H and O–H groups in total. The van der Waals surface area contributed by atoms with Gasteiger partial charge in [-0.3, -0.25) is 9.97 Å². The third-order valence-corrected chi connectivity index (χ3v) is 4.06. The third kappa shape index (κ3) is 3.79. The normalized spacial score (nSPS) is 16.7. The summed E-state index contributed by atoms with van der Waals surface area (Å²) in [4.78, 5) is 10.9. The molecule has 0 aliphatic carbocycles. The first-order valence-electron chi connectivity index (χ1n) is 7.02. The van der Waals surface area contributed by atoms with Gasteiger partial charge in [-0.15, -0.1) is 24.8 Å². The molecule has 3 heterocycles. The molecule has 0 saturated carbocycles. The van der Waals surface area contributed by atoms with E-state index >= 15 is 0 Å². The number of aliphatic hydroxyl groups is 1. The molecular formula is C15H22Cl2N4O. The maximum absolute atomic E-state index is 10.4. The number of anilines is 1. The third-order valence-electron chi connectivity index (χ3n) is 4.06. The molecule has 0 aromatic carbocycles. The number of aromatic nitrogens is 2. The average Bonchev–Trinajstić information content (AvgIpc) is 2.48. The van der Waals surface area contributed by atoms with Crippen LogP contribution in [0.4, 0.5) is 5.69 Å². The summed E-state index contributed by atoms with van der Waals surface area (Å²) in [6.07, 6.45) is 7.02. The van der Waals surface area contributed by atoms with Crippen LogP contribution in [-0.4, -0.2) is 47.4 Å². The smallest absolute Gasteiger partial charge is 0.0805 e. The van der Waals surface area contributed by atoms with Gasteiger partial charge in [-0.05, 0) is 32.0 Å². The molecule has 7 heteroatoms. The second kappa shape index (κ2) is 7.92. The molecule has 1 aliphatic rings. The number of rotatable bonds is 3. The Morgan fingerprint density at radius 3 is 2.64 bits per heavy atom. The molecule has 1 saturated heterocycles. The summed E-state index contributed by atoms with van der Waals surface area (Å²) in [7, 11) is 1.88. The number of nitrogens with zero attached hydrogens (tertiary/aromatic N) is 3. The first-order chi connectivity index (χ1) is 9.72. The van der Waals surface area contributed by atoms with E-state index in [1.165, 1.54) is 0 Å². The fraction of sp³-hybridized carbons (Fsp3) is 0.467. The van der Waals surface area contributed by atoms with Crippen molar-refractivity contribution in [3.63, 3.8) is 0 Å². The Labute approximate surface area is 143 Å². The molecule has 3 rings (SSSR count). The van der Waals surface area contributed by atoms with Gasteiger partial charge < -0.3 is 15.3 Å². The fourth-order valence-corrected chi connectivity index (χ4v) is 2.92. The summed E-state index contributed by atoms with van der Waals surface area (Å²) in [5.74, 6) is 0. The van der Waals surface area contributed by atoms with Gasteiger partial charge in [0.15, 0.2) is 0 Å². The number of likely N-dealkylation sites (N-methyl/N-ethyl adjacent to an activating group) is 1. The predicted molar refractivity (Wildman–Crippen MR) is 94.4 cm³/mol. The minimum atomic E-state index is -0.577. The molecule has 22 heavy (non-hydrogen) atoms. The van der Waals surface area contributed by atoms with E-state index in [1.807, 2.05) is 31.6 Å². The summed E-state index contributed by atoms with van der Waals surface area (Å²) in [6.45, 7) is 2.36. The van der Waals surface area contributed by atoms with Crippen molar-refractivity contribution >= 4 is 41.4 Å². The van der Waals surface area contributed by atoms with Crippen LogP contribution in [0.3, 0.4) is 0 Å². The summed E-state index contributed by atoms with van der Waals surface area (Å²) < 4.78 is 0. The number of nitrogens with one attached hydrogen (secondary N) is 1. The Morgan fingerprint density at radius 2 is 1.95 bits per heavy atom. The predicted octanol–water partition coefficient (Wildman–Crippen LogP) is 2.02. The van der Waals surface area contributed by atoms with E-state index in [0.29, 0.717) is 6.54 Å². The first kappa shape index (κ1) is 18.9. The second-order valence-electron chi connectivity index (χ2n) is 5.46. The molecular weight excluding hydrogens is 323 g/mol. The first-order valence-corrected chi connectivity index (χ1v) is 7.02. The van der Waals surface area contributed by atoms with Crippen LogP contribution in [0.2, 0.25) is 0 Å². The van der Waals surface area contributed by atoms with Gasteiger partial charge in [-0.25, -0.2) is 0 Å². The zero-order chi connectivity index (χ0) is 14.0. The molecule has 2 aromatic rings. The molecule has 0 amide bonds. The van der Waals surface area contributed by atoms with Crippen molar-refractivity contribution in [3.05, 3.63) is 30.7 Å². The van der Waals surface area contributed by atoms with Crippen LogP contribution in [0, 0.1) is 0 Å². The van der Waals surface area contributed by atoms with Crippen LogP contribution in [0.1, 0.15) is 12.8 Å². The van der Waals surface area contributed by atoms with E-state index in [-0.39, 0.29) is 24.8 Å². The van der Waals surface area contributed by atoms with Crippen LogP contribution in [0.25, 0.3) is 10.9 Å². The monoisotopic (exact) mass is 344 g/mol. The number of pyridine rings is 2. The highest BCUT2D eigenvalue weighted by atomic mass is 35.5. The van der Waals surface area contributed by atoms with E-state index in [1.54, 1.807) is 6.20 Å². The molecule has 0 unspecified atom stereocenters. The fourth-order valence-electron chi connectivity index (χ4n) is 2.92. The molecule has 1 fully saturated rings. The lowest BCUT2D eigenvalue weighted by molar-refractivity contribution is 0.0185. The topological polar surface area (TPSA) is 61.3 Å². The van der Waals surface area contributed by atoms with Crippen LogP contribution in [0.15, 0.2) is 30.7 Å². The van der Waals surface area contributed by atoms with Gasteiger partial charge >= 0.3 is 0 Å². The van der Waals surface area contributed by atoms with Crippen molar-refractivity contribution in [1.29, 1.82) is 0 Å². The lowest BCUT2D eigenvalue weighted by atomic mass is 9.91. The van der Waals surface area contributed by atoms with Crippen molar-refractivity contribution in [2.75, 3.05) is 31.6 Å². The molecule has 5 nitrogen and oxygen atoms in total. The number of hydrogen-bond donors (Lipinski definition) is 2. The molecule has 122 valence electrons. The summed E-state index contributed by atoms with van der Waals surface area (Å²) in [5.41, 5.74) is 1.55. The maximum atomic E-state index is 10.4. The van der Waals surface area contributed by atoms with Gasteiger partial charge in [0.05, 0.1) is 11.1 Å². The van der Waals surface area contributed by atoms with Crippen molar-refractivity contribution in [1.82, 2.24) is 15.3 Å². The summed E-state index contributed by atoms with van der Waals surface area (Å²) >= 11 is 0. The minimum absolute atomic E-state index is 0. The number of hydrogen-bond acceptors (Lipinski definition) is 5.